The van der Waals surface area contributed by atoms with Gasteiger partial charge in [0.05, 0.1) is 12.8 Å². The Morgan fingerprint density at radius 3 is 2.73 bits per heavy atom. The summed E-state index contributed by atoms with van der Waals surface area (Å²) in [5.74, 6) is 0.794. The molecule has 0 bridgehead atoms. The number of carbonyl (C=O) groups excluding carboxylic acids is 1. The molecule has 0 aliphatic heterocycles. The van der Waals surface area contributed by atoms with E-state index < -0.39 is 0 Å². The highest BCUT2D eigenvalue weighted by molar-refractivity contribution is 7.99. The molecule has 1 aromatic carbocycles. The summed E-state index contributed by atoms with van der Waals surface area (Å²) < 4.78 is 20.5. The Labute approximate surface area is 154 Å². The predicted octanol–water partition coefficient (Wildman–Crippen LogP) is 3.33. The van der Waals surface area contributed by atoms with Gasteiger partial charge in [-0.2, -0.15) is 0 Å². The standard InChI is InChI=1S/C18H19FN4O2S/c1-12(13-4-6-14(19)7-5-13)26-18-22-21-17(9-8-16(20)24)23(18)11-15-3-2-10-25-15/h2-7,10,12H,8-9,11H2,1H3,(H2,20,24). The van der Waals surface area contributed by atoms with E-state index in [-0.39, 0.29) is 23.4 Å². The first-order valence-electron chi connectivity index (χ1n) is 8.18. The molecule has 0 radical (unpaired) electrons. The minimum atomic E-state index is -0.383. The van der Waals surface area contributed by atoms with Crippen LogP contribution in [0.5, 0.6) is 0 Å². The van der Waals surface area contributed by atoms with Crippen molar-refractivity contribution in [3.8, 4) is 0 Å². The number of aromatic nitrogens is 3. The molecule has 3 aromatic rings. The van der Waals surface area contributed by atoms with Crippen LogP contribution in [0.3, 0.4) is 0 Å². The number of benzene rings is 1. The zero-order valence-corrected chi connectivity index (χ0v) is 15.1. The molecule has 136 valence electrons. The van der Waals surface area contributed by atoms with Crippen molar-refractivity contribution in [2.75, 3.05) is 0 Å². The average Bonchev–Trinajstić information content (AvgIpc) is 3.25. The quantitative estimate of drug-likeness (QED) is 0.611. The fraction of sp³-hybridized carbons (Fsp3) is 0.278. The third kappa shape index (κ3) is 4.51. The predicted molar refractivity (Wildman–Crippen MR) is 96.0 cm³/mol. The van der Waals surface area contributed by atoms with Gasteiger partial charge < -0.3 is 10.2 Å². The maximum Gasteiger partial charge on any atom is 0.217 e. The van der Waals surface area contributed by atoms with Gasteiger partial charge in [0.25, 0.3) is 0 Å². The Kier molecular flexibility index (Phi) is 5.72. The first-order chi connectivity index (χ1) is 12.5. The lowest BCUT2D eigenvalue weighted by Gasteiger charge is -2.13. The molecule has 8 heteroatoms. The topological polar surface area (TPSA) is 86.9 Å². The number of nitrogens with zero attached hydrogens (tertiary/aromatic N) is 3. The summed E-state index contributed by atoms with van der Waals surface area (Å²) in [5.41, 5.74) is 6.24. The Bertz CT molecular complexity index is 862. The number of aryl methyl sites for hydroxylation is 1. The second kappa shape index (κ2) is 8.18. The highest BCUT2D eigenvalue weighted by atomic mass is 32.2. The minimum Gasteiger partial charge on any atom is -0.467 e. The highest BCUT2D eigenvalue weighted by Crippen LogP contribution is 2.34. The Hall–Kier alpha value is -2.61. The summed E-state index contributed by atoms with van der Waals surface area (Å²) in [5, 5.41) is 9.24. The van der Waals surface area contributed by atoms with Crippen molar-refractivity contribution in [2.45, 2.75) is 36.7 Å². The zero-order chi connectivity index (χ0) is 18.5. The van der Waals surface area contributed by atoms with Crippen LogP contribution in [0.15, 0.2) is 52.2 Å². The summed E-state index contributed by atoms with van der Waals surface area (Å²) in [6.45, 7) is 2.49. The lowest BCUT2D eigenvalue weighted by Crippen LogP contribution is -2.14. The third-order valence-electron chi connectivity index (χ3n) is 3.90. The van der Waals surface area contributed by atoms with Crippen LogP contribution in [0.1, 0.15) is 35.7 Å². The second-order valence-electron chi connectivity index (χ2n) is 5.84. The molecule has 6 nitrogen and oxygen atoms in total. The van der Waals surface area contributed by atoms with Crippen LogP contribution in [-0.4, -0.2) is 20.7 Å². The van der Waals surface area contributed by atoms with Gasteiger partial charge in [-0.3, -0.25) is 9.36 Å². The number of hydrogen-bond donors (Lipinski definition) is 1. The molecule has 0 fully saturated rings. The molecule has 2 aromatic heterocycles. The fourth-order valence-electron chi connectivity index (χ4n) is 2.50. The summed E-state index contributed by atoms with van der Waals surface area (Å²) in [6.07, 6.45) is 2.22. The molecule has 3 rings (SSSR count). The minimum absolute atomic E-state index is 0.0548. The molecule has 1 atom stereocenters. The number of carbonyl (C=O) groups is 1. The summed E-state index contributed by atoms with van der Waals surface area (Å²) >= 11 is 1.52. The van der Waals surface area contributed by atoms with E-state index in [4.69, 9.17) is 10.2 Å². The SMILES string of the molecule is CC(Sc1nnc(CCC(N)=O)n1Cc1ccco1)c1ccc(F)cc1. The smallest absolute Gasteiger partial charge is 0.217 e. The van der Waals surface area contributed by atoms with Crippen LogP contribution in [0.4, 0.5) is 4.39 Å². The number of rotatable bonds is 8. The van der Waals surface area contributed by atoms with Gasteiger partial charge >= 0.3 is 0 Å². The maximum absolute atomic E-state index is 13.1. The second-order valence-corrected chi connectivity index (χ2v) is 7.15. The molecule has 0 saturated carbocycles. The lowest BCUT2D eigenvalue weighted by molar-refractivity contribution is -0.118. The number of primary amides is 1. The average molecular weight is 374 g/mol. The highest BCUT2D eigenvalue weighted by Gasteiger charge is 2.18. The summed E-state index contributed by atoms with van der Waals surface area (Å²) in [7, 11) is 0. The van der Waals surface area contributed by atoms with E-state index in [1.165, 1.54) is 23.9 Å². The van der Waals surface area contributed by atoms with E-state index >= 15 is 0 Å². The molecule has 2 N–H and O–H groups in total. The Morgan fingerprint density at radius 2 is 2.08 bits per heavy atom. The van der Waals surface area contributed by atoms with Gasteiger partial charge in [-0.1, -0.05) is 23.9 Å². The third-order valence-corrected chi connectivity index (χ3v) is 5.04. The van der Waals surface area contributed by atoms with Gasteiger partial charge in [0.2, 0.25) is 5.91 Å². The van der Waals surface area contributed by atoms with E-state index in [0.717, 1.165) is 11.3 Å². The Balaban J connectivity index is 1.82. The lowest BCUT2D eigenvalue weighted by atomic mass is 10.2. The molecule has 26 heavy (non-hydrogen) atoms. The van der Waals surface area contributed by atoms with Crippen molar-refractivity contribution < 1.29 is 13.6 Å². The first kappa shape index (κ1) is 18.2. The molecular weight excluding hydrogens is 355 g/mol. The molecule has 2 heterocycles. The molecule has 1 amide bonds. The molecule has 0 saturated heterocycles. The number of thioether (sulfide) groups is 1. The van der Waals surface area contributed by atoms with Gasteiger partial charge in [0.1, 0.15) is 17.4 Å². The van der Waals surface area contributed by atoms with Crippen LogP contribution in [0.25, 0.3) is 0 Å². The zero-order valence-electron chi connectivity index (χ0n) is 14.3. The summed E-state index contributed by atoms with van der Waals surface area (Å²) in [4.78, 5) is 11.1. The van der Waals surface area contributed by atoms with Gasteiger partial charge in [0.15, 0.2) is 5.16 Å². The van der Waals surface area contributed by atoms with E-state index in [2.05, 4.69) is 10.2 Å². The van der Waals surface area contributed by atoms with Gasteiger partial charge in [-0.25, -0.2) is 4.39 Å². The molecule has 0 aliphatic rings. The molecule has 0 aliphatic carbocycles. The fourth-order valence-corrected chi connectivity index (χ4v) is 3.50. The summed E-state index contributed by atoms with van der Waals surface area (Å²) in [6, 6.07) is 10.1. The van der Waals surface area contributed by atoms with Gasteiger partial charge in [0, 0.05) is 18.1 Å². The van der Waals surface area contributed by atoms with Gasteiger partial charge in [-0.15, -0.1) is 10.2 Å². The van der Waals surface area contributed by atoms with Crippen molar-refractivity contribution in [2.24, 2.45) is 5.73 Å². The number of furan rings is 1. The van der Waals surface area contributed by atoms with Crippen molar-refractivity contribution in [3.05, 3.63) is 65.6 Å². The normalized spacial score (nSPS) is 12.2. The van der Waals surface area contributed by atoms with Crippen LogP contribution in [-0.2, 0) is 17.8 Å². The van der Waals surface area contributed by atoms with Crippen molar-refractivity contribution in [1.82, 2.24) is 14.8 Å². The Morgan fingerprint density at radius 1 is 1.31 bits per heavy atom. The first-order valence-corrected chi connectivity index (χ1v) is 9.06. The number of amides is 1. The van der Waals surface area contributed by atoms with E-state index in [1.807, 2.05) is 23.6 Å². The van der Waals surface area contributed by atoms with Crippen molar-refractivity contribution >= 4 is 17.7 Å². The van der Waals surface area contributed by atoms with Crippen molar-refractivity contribution in [1.29, 1.82) is 0 Å². The number of nitrogens with two attached hydrogens (primary N) is 1. The molecular formula is C18H19FN4O2S. The van der Waals surface area contributed by atoms with Crippen LogP contribution in [0, 0.1) is 5.82 Å². The van der Waals surface area contributed by atoms with Crippen LogP contribution >= 0.6 is 11.8 Å². The van der Waals surface area contributed by atoms with Crippen LogP contribution in [0.2, 0.25) is 0 Å². The largest absolute Gasteiger partial charge is 0.467 e. The van der Waals surface area contributed by atoms with Crippen LogP contribution < -0.4 is 5.73 Å². The molecule has 1 unspecified atom stereocenters. The maximum atomic E-state index is 13.1. The van der Waals surface area contributed by atoms with Gasteiger partial charge in [-0.05, 0) is 36.8 Å². The van der Waals surface area contributed by atoms with E-state index in [0.29, 0.717) is 23.9 Å². The monoisotopic (exact) mass is 374 g/mol. The molecule has 0 spiro atoms. The number of hydrogen-bond acceptors (Lipinski definition) is 5. The van der Waals surface area contributed by atoms with Crippen molar-refractivity contribution in [3.63, 3.8) is 0 Å². The van der Waals surface area contributed by atoms with E-state index in [1.54, 1.807) is 18.4 Å². The number of halogens is 1. The van der Waals surface area contributed by atoms with E-state index in [9.17, 15) is 9.18 Å².